The minimum absolute atomic E-state index is 0.00194. The van der Waals surface area contributed by atoms with Crippen LogP contribution in [0.2, 0.25) is 0 Å². The van der Waals surface area contributed by atoms with Crippen molar-refractivity contribution in [2.45, 2.75) is 50.6 Å². The predicted octanol–water partition coefficient (Wildman–Crippen LogP) is 3.26. The molecule has 10 heteroatoms. The van der Waals surface area contributed by atoms with Gasteiger partial charge in [-0.05, 0) is 50.4 Å². The molecule has 0 bridgehead atoms. The first-order valence-electron chi connectivity index (χ1n) is 14.1. The number of hydrogen-bond donors (Lipinski definition) is 2. The number of hydrogen-bond acceptors (Lipinski definition) is 8. The highest BCUT2D eigenvalue weighted by Crippen LogP contribution is 2.35. The van der Waals surface area contributed by atoms with Gasteiger partial charge in [-0.15, -0.1) is 0 Å². The van der Waals surface area contributed by atoms with Crippen molar-refractivity contribution < 1.29 is 4.79 Å². The Morgan fingerprint density at radius 1 is 1.00 bits per heavy atom. The van der Waals surface area contributed by atoms with Crippen LogP contribution in [0, 0.1) is 0 Å². The highest BCUT2D eigenvalue weighted by atomic mass is 16.2. The molecule has 0 radical (unpaired) electrons. The molecule has 0 aromatic carbocycles. The molecule has 6 rings (SSSR count). The number of nitrogens with one attached hydrogen (secondary N) is 2. The second-order valence-corrected chi connectivity index (χ2v) is 11.1. The van der Waals surface area contributed by atoms with Gasteiger partial charge in [0.25, 0.3) is 5.91 Å². The van der Waals surface area contributed by atoms with Crippen molar-refractivity contribution in [3.8, 4) is 0 Å². The molecule has 0 spiro atoms. The van der Waals surface area contributed by atoms with E-state index < -0.39 is 0 Å². The number of amides is 1. The third-order valence-corrected chi connectivity index (χ3v) is 8.35. The van der Waals surface area contributed by atoms with E-state index in [1.807, 2.05) is 18.3 Å². The summed E-state index contributed by atoms with van der Waals surface area (Å²) in [5.74, 6) is 1.20. The average molecular weight is 518 g/mol. The molecule has 3 aromatic rings. The van der Waals surface area contributed by atoms with Gasteiger partial charge in [0.05, 0.1) is 11.9 Å². The van der Waals surface area contributed by atoms with E-state index in [1.165, 1.54) is 25.7 Å². The molecule has 2 saturated heterocycles. The van der Waals surface area contributed by atoms with E-state index in [1.54, 1.807) is 25.2 Å². The number of nitrogens with zero attached hydrogens (tertiary/aromatic N) is 7. The molecule has 1 unspecified atom stereocenters. The molecule has 2 N–H and O–H groups in total. The summed E-state index contributed by atoms with van der Waals surface area (Å²) in [5.41, 5.74) is 2.64. The minimum atomic E-state index is -0.00194. The lowest BCUT2D eigenvalue weighted by Crippen LogP contribution is -2.54. The lowest BCUT2D eigenvalue weighted by atomic mass is 10.0. The van der Waals surface area contributed by atoms with E-state index in [0.717, 1.165) is 68.8 Å². The fraction of sp³-hybridized carbons (Fsp3) is 0.571. The molecule has 1 amide bonds. The van der Waals surface area contributed by atoms with Crippen LogP contribution in [-0.4, -0.2) is 94.6 Å². The van der Waals surface area contributed by atoms with Crippen molar-refractivity contribution in [3.05, 3.63) is 36.3 Å². The maximum atomic E-state index is 13.0. The minimum Gasteiger partial charge on any atom is -0.368 e. The Morgan fingerprint density at radius 2 is 1.79 bits per heavy atom. The van der Waals surface area contributed by atoms with E-state index in [0.29, 0.717) is 29.5 Å². The predicted molar refractivity (Wildman–Crippen MR) is 150 cm³/mol. The van der Waals surface area contributed by atoms with Gasteiger partial charge in [0.1, 0.15) is 17.2 Å². The van der Waals surface area contributed by atoms with Gasteiger partial charge in [-0.2, -0.15) is 4.98 Å². The highest BCUT2D eigenvalue weighted by Gasteiger charge is 2.27. The van der Waals surface area contributed by atoms with Crippen LogP contribution in [0.5, 0.6) is 0 Å². The Hall–Kier alpha value is -3.24. The van der Waals surface area contributed by atoms with Crippen molar-refractivity contribution in [1.82, 2.24) is 34.6 Å². The Labute approximate surface area is 224 Å². The number of pyridine rings is 1. The molecule has 3 aromatic heterocycles. The van der Waals surface area contributed by atoms with Crippen molar-refractivity contribution in [3.63, 3.8) is 0 Å². The van der Waals surface area contributed by atoms with Crippen LogP contribution in [0.3, 0.4) is 0 Å². The molecule has 10 nitrogen and oxygen atoms in total. The maximum absolute atomic E-state index is 13.0. The summed E-state index contributed by atoms with van der Waals surface area (Å²) >= 11 is 0. The number of carbonyl (C=O) groups excluding carboxylic acids is 1. The number of fused-ring (bicyclic) bond motifs is 1. The maximum Gasteiger partial charge on any atom is 0.270 e. The topological polar surface area (TPSA) is 94.5 Å². The van der Waals surface area contributed by atoms with Crippen LogP contribution < -0.4 is 15.5 Å². The van der Waals surface area contributed by atoms with Gasteiger partial charge in [-0.1, -0.05) is 12.8 Å². The molecule has 202 valence electrons. The molecule has 2 aliphatic heterocycles. The SMILES string of the molecule is CN(C)C(=O)c1cc2cnc(Nc3ccc(N4CCN(C5CCCNC5)CC4)cn3)nc2n1C1CCCC1. The molecule has 5 heterocycles. The number of piperidine rings is 1. The second kappa shape index (κ2) is 10.9. The van der Waals surface area contributed by atoms with Crippen molar-refractivity contribution in [1.29, 1.82) is 0 Å². The van der Waals surface area contributed by atoms with E-state index >= 15 is 0 Å². The van der Waals surface area contributed by atoms with Crippen LogP contribution in [0.4, 0.5) is 17.5 Å². The van der Waals surface area contributed by atoms with E-state index in [-0.39, 0.29) is 5.91 Å². The molecule has 1 aliphatic carbocycles. The summed E-state index contributed by atoms with van der Waals surface area (Å²) in [6.07, 6.45) is 10.8. The summed E-state index contributed by atoms with van der Waals surface area (Å²) in [5, 5.41) is 7.71. The molecular weight excluding hydrogens is 478 g/mol. The van der Waals surface area contributed by atoms with Crippen molar-refractivity contribution in [2.75, 3.05) is 63.6 Å². The summed E-state index contributed by atoms with van der Waals surface area (Å²) in [7, 11) is 3.59. The lowest BCUT2D eigenvalue weighted by molar-refractivity contribution is 0.0815. The average Bonchev–Trinajstić information content (AvgIpc) is 3.61. The zero-order valence-electron chi connectivity index (χ0n) is 22.6. The van der Waals surface area contributed by atoms with Crippen LogP contribution >= 0.6 is 0 Å². The second-order valence-electron chi connectivity index (χ2n) is 11.1. The Kier molecular flexibility index (Phi) is 7.16. The fourth-order valence-electron chi connectivity index (χ4n) is 6.25. The van der Waals surface area contributed by atoms with Gasteiger partial charge < -0.3 is 25.0 Å². The lowest BCUT2D eigenvalue weighted by Gasteiger charge is -2.41. The molecule has 38 heavy (non-hydrogen) atoms. The Bertz CT molecular complexity index is 1250. The Morgan fingerprint density at radius 3 is 2.47 bits per heavy atom. The van der Waals surface area contributed by atoms with Gasteiger partial charge in [0.2, 0.25) is 5.95 Å². The molecule has 1 atom stereocenters. The van der Waals surface area contributed by atoms with Crippen molar-refractivity contribution >= 4 is 34.4 Å². The summed E-state index contributed by atoms with van der Waals surface area (Å²) in [4.78, 5) is 33.7. The van der Waals surface area contributed by atoms with Crippen LogP contribution in [0.15, 0.2) is 30.6 Å². The highest BCUT2D eigenvalue weighted by molar-refractivity contribution is 5.97. The van der Waals surface area contributed by atoms with Gasteiger partial charge in [0, 0.05) is 70.5 Å². The largest absolute Gasteiger partial charge is 0.368 e. The van der Waals surface area contributed by atoms with Gasteiger partial charge in [0.15, 0.2) is 0 Å². The standard InChI is InChI=1S/C28H39N9O/c1-34(2)27(38)24-16-20-17-31-28(33-26(20)37(24)21-6-3-4-7-21)32-25-10-9-23(19-30-25)36-14-12-35(13-15-36)22-8-5-11-29-18-22/h9-10,16-17,19,21-22,29H,3-8,11-15,18H2,1-2H3,(H,30,31,32,33). The monoisotopic (exact) mass is 517 g/mol. The first kappa shape index (κ1) is 25.1. The van der Waals surface area contributed by atoms with E-state index in [2.05, 4.69) is 41.0 Å². The number of aromatic nitrogens is 4. The van der Waals surface area contributed by atoms with E-state index in [4.69, 9.17) is 4.98 Å². The molecular formula is C28H39N9O. The number of piperazine rings is 1. The smallest absolute Gasteiger partial charge is 0.270 e. The zero-order valence-corrected chi connectivity index (χ0v) is 22.6. The van der Waals surface area contributed by atoms with Gasteiger partial charge in [-0.3, -0.25) is 9.69 Å². The molecule has 3 fully saturated rings. The number of anilines is 3. The first-order valence-corrected chi connectivity index (χ1v) is 14.1. The fourth-order valence-corrected chi connectivity index (χ4v) is 6.25. The molecule has 3 aliphatic rings. The zero-order chi connectivity index (χ0) is 26.1. The van der Waals surface area contributed by atoms with Gasteiger partial charge >= 0.3 is 0 Å². The third kappa shape index (κ3) is 5.07. The number of rotatable bonds is 6. The van der Waals surface area contributed by atoms with Crippen LogP contribution in [-0.2, 0) is 0 Å². The summed E-state index contributed by atoms with van der Waals surface area (Å²) in [6.45, 7) is 6.52. The van der Waals surface area contributed by atoms with Crippen LogP contribution in [0.25, 0.3) is 11.0 Å². The van der Waals surface area contributed by atoms with Crippen LogP contribution in [0.1, 0.15) is 55.1 Å². The van der Waals surface area contributed by atoms with Gasteiger partial charge in [-0.25, -0.2) is 9.97 Å². The Balaban J connectivity index is 1.16. The quantitative estimate of drug-likeness (QED) is 0.515. The molecule has 1 saturated carbocycles. The first-order chi connectivity index (χ1) is 18.6. The van der Waals surface area contributed by atoms with Crippen molar-refractivity contribution in [2.24, 2.45) is 0 Å². The third-order valence-electron chi connectivity index (χ3n) is 8.35. The summed E-state index contributed by atoms with van der Waals surface area (Å²) in [6, 6.07) is 7.02. The normalized spacial score (nSPS) is 21.2. The summed E-state index contributed by atoms with van der Waals surface area (Å²) < 4.78 is 2.14. The van der Waals surface area contributed by atoms with E-state index in [9.17, 15) is 4.79 Å². The number of carbonyl (C=O) groups is 1.